The van der Waals surface area contributed by atoms with Gasteiger partial charge in [-0.05, 0) is 66.5 Å². The van der Waals surface area contributed by atoms with Gasteiger partial charge in [-0.1, -0.05) is 36.8 Å². The van der Waals surface area contributed by atoms with E-state index in [0.29, 0.717) is 22.0 Å². The Kier molecular flexibility index (Phi) is 6.11. The van der Waals surface area contributed by atoms with Crippen molar-refractivity contribution >= 4 is 36.9 Å². The van der Waals surface area contributed by atoms with Crippen LogP contribution < -0.4 is 0 Å². The second-order valence-electron chi connectivity index (χ2n) is 7.54. The van der Waals surface area contributed by atoms with E-state index in [1.54, 1.807) is 36.5 Å². The highest BCUT2D eigenvalue weighted by Gasteiger charge is 2.25. The summed E-state index contributed by atoms with van der Waals surface area (Å²) in [6, 6.07) is 14.1. The molecule has 0 spiro atoms. The van der Waals surface area contributed by atoms with Crippen molar-refractivity contribution in [3.63, 3.8) is 0 Å². The molecule has 7 heteroatoms. The van der Waals surface area contributed by atoms with Gasteiger partial charge in [0.25, 0.3) is 10.0 Å². The van der Waals surface area contributed by atoms with Gasteiger partial charge in [-0.15, -0.1) is 0 Å². The fraction of sp³-hybridized carbons (Fsp3) is 0.364. The Bertz CT molecular complexity index is 1100. The van der Waals surface area contributed by atoms with Crippen molar-refractivity contribution in [1.82, 2.24) is 8.87 Å². The Hall–Kier alpha value is -1.67. The number of aromatic nitrogens is 1. The second-order valence-corrected chi connectivity index (χ2v) is 10.2. The van der Waals surface area contributed by atoms with Gasteiger partial charge in [0.15, 0.2) is 0 Å². The number of halogens is 1. The van der Waals surface area contributed by atoms with Crippen molar-refractivity contribution < 1.29 is 13.5 Å². The monoisotopic (exact) mass is 476 g/mol. The maximum atomic E-state index is 13.4. The van der Waals surface area contributed by atoms with Crippen LogP contribution >= 0.6 is 15.9 Å². The van der Waals surface area contributed by atoms with Gasteiger partial charge in [0.1, 0.15) is 4.90 Å². The van der Waals surface area contributed by atoms with E-state index < -0.39 is 16.1 Å². The number of aliphatic hydroxyl groups is 1. The Balaban J connectivity index is 1.69. The molecule has 0 bridgehead atoms. The Morgan fingerprint density at radius 3 is 2.45 bits per heavy atom. The first-order valence-electron chi connectivity index (χ1n) is 9.99. The minimum Gasteiger partial charge on any atom is -0.388 e. The molecule has 1 atom stereocenters. The molecule has 1 aromatic heterocycles. The third-order valence-electron chi connectivity index (χ3n) is 5.61. The predicted molar refractivity (Wildman–Crippen MR) is 119 cm³/mol. The highest BCUT2D eigenvalue weighted by molar-refractivity contribution is 9.10. The lowest BCUT2D eigenvalue weighted by Crippen LogP contribution is -2.31. The number of benzene rings is 2. The highest BCUT2D eigenvalue weighted by atomic mass is 79.9. The summed E-state index contributed by atoms with van der Waals surface area (Å²) in [4.78, 5) is 2.58. The van der Waals surface area contributed by atoms with E-state index in [2.05, 4.69) is 20.8 Å². The summed E-state index contributed by atoms with van der Waals surface area (Å²) in [6.45, 7) is 2.97. The number of nitrogens with zero attached hydrogens (tertiary/aromatic N) is 2. The number of hydrogen-bond donors (Lipinski definition) is 1. The van der Waals surface area contributed by atoms with Crippen LogP contribution in [0.4, 0.5) is 0 Å². The molecule has 0 amide bonds. The molecule has 0 aliphatic carbocycles. The molecule has 29 heavy (non-hydrogen) atoms. The number of aliphatic hydroxyl groups excluding tert-OH is 1. The van der Waals surface area contributed by atoms with Crippen molar-refractivity contribution in [2.45, 2.75) is 36.7 Å². The van der Waals surface area contributed by atoms with E-state index in [4.69, 9.17) is 0 Å². The Morgan fingerprint density at radius 1 is 1.00 bits per heavy atom. The molecule has 3 aromatic rings. The lowest BCUT2D eigenvalue weighted by Gasteiger charge is -2.27. The summed E-state index contributed by atoms with van der Waals surface area (Å²) in [5.74, 6) is 0. The largest absolute Gasteiger partial charge is 0.388 e. The van der Waals surface area contributed by atoms with Crippen molar-refractivity contribution in [2.24, 2.45) is 0 Å². The van der Waals surface area contributed by atoms with Crippen LogP contribution in [0, 0.1) is 0 Å². The molecule has 0 radical (unpaired) electrons. The van der Waals surface area contributed by atoms with Crippen LogP contribution in [0.5, 0.6) is 0 Å². The first kappa shape index (κ1) is 20.6. The summed E-state index contributed by atoms with van der Waals surface area (Å²) in [5.41, 5.74) is 1.24. The number of piperidine rings is 1. The van der Waals surface area contributed by atoms with Crippen LogP contribution in [-0.4, -0.2) is 42.0 Å². The molecular formula is C22H25BrN2O3S. The number of hydrogen-bond acceptors (Lipinski definition) is 4. The topological polar surface area (TPSA) is 62.5 Å². The van der Waals surface area contributed by atoms with Crippen molar-refractivity contribution in [1.29, 1.82) is 0 Å². The Morgan fingerprint density at radius 2 is 1.69 bits per heavy atom. The summed E-state index contributed by atoms with van der Waals surface area (Å²) in [7, 11) is -3.80. The predicted octanol–water partition coefficient (Wildman–Crippen LogP) is 4.55. The van der Waals surface area contributed by atoms with E-state index in [-0.39, 0.29) is 4.90 Å². The first-order chi connectivity index (χ1) is 14.0. The van der Waals surface area contributed by atoms with Gasteiger partial charge in [0.05, 0.1) is 11.6 Å². The van der Waals surface area contributed by atoms with Gasteiger partial charge in [0.2, 0.25) is 0 Å². The van der Waals surface area contributed by atoms with E-state index in [1.165, 1.54) is 23.2 Å². The van der Waals surface area contributed by atoms with Crippen LogP contribution in [0.2, 0.25) is 0 Å². The van der Waals surface area contributed by atoms with Crippen LogP contribution in [0.3, 0.4) is 0 Å². The summed E-state index contributed by atoms with van der Waals surface area (Å²) in [6.07, 6.45) is 5.15. The normalized spacial score (nSPS) is 16.9. The Labute approximate surface area is 180 Å². The van der Waals surface area contributed by atoms with Crippen LogP contribution in [0.15, 0.2) is 64.1 Å². The number of fused-ring (bicyclic) bond motifs is 1. The SMILES string of the molecule is O=S(=O)(c1ccccc1Br)n1cc(C(O)CCN2CCCCC2)c2ccccc21. The number of rotatable bonds is 6. The lowest BCUT2D eigenvalue weighted by molar-refractivity contribution is 0.135. The summed E-state index contributed by atoms with van der Waals surface area (Å²) in [5, 5.41) is 11.7. The second kappa shape index (κ2) is 8.60. The third-order valence-corrected chi connectivity index (χ3v) is 8.29. The summed E-state index contributed by atoms with van der Waals surface area (Å²) >= 11 is 3.35. The highest BCUT2D eigenvalue weighted by Crippen LogP contribution is 2.33. The molecule has 2 aromatic carbocycles. The van der Waals surface area contributed by atoms with Crippen LogP contribution in [0.1, 0.15) is 37.4 Å². The molecule has 1 saturated heterocycles. The molecule has 1 fully saturated rings. The molecule has 5 nitrogen and oxygen atoms in total. The zero-order valence-corrected chi connectivity index (χ0v) is 18.6. The molecule has 0 saturated carbocycles. The van der Waals surface area contributed by atoms with E-state index in [9.17, 15) is 13.5 Å². The molecule has 1 aliphatic heterocycles. The molecule has 2 heterocycles. The number of likely N-dealkylation sites (tertiary alicyclic amines) is 1. The first-order valence-corrected chi connectivity index (χ1v) is 12.2. The standard InChI is InChI=1S/C22H25BrN2O3S/c23-19-9-3-5-11-22(19)29(27,28)25-16-18(17-8-2-4-10-20(17)25)21(26)12-15-24-13-6-1-7-14-24/h2-5,8-11,16,21,26H,1,6-7,12-15H2. The molecule has 1 N–H and O–H groups in total. The quantitative estimate of drug-likeness (QED) is 0.566. The zero-order valence-electron chi connectivity index (χ0n) is 16.2. The van der Waals surface area contributed by atoms with Crippen molar-refractivity contribution in [3.8, 4) is 0 Å². The minimum atomic E-state index is -3.80. The van der Waals surface area contributed by atoms with Gasteiger partial charge in [-0.25, -0.2) is 12.4 Å². The van der Waals surface area contributed by atoms with Gasteiger partial charge >= 0.3 is 0 Å². The van der Waals surface area contributed by atoms with E-state index in [0.717, 1.165) is 25.0 Å². The van der Waals surface area contributed by atoms with Gasteiger partial charge in [-0.3, -0.25) is 0 Å². The molecule has 1 unspecified atom stereocenters. The average Bonchev–Trinajstić information content (AvgIpc) is 3.14. The van der Waals surface area contributed by atoms with E-state index >= 15 is 0 Å². The fourth-order valence-corrected chi connectivity index (χ4v) is 6.39. The molecule has 154 valence electrons. The minimum absolute atomic E-state index is 0.204. The van der Waals surface area contributed by atoms with E-state index in [1.807, 2.05) is 18.2 Å². The van der Waals surface area contributed by atoms with Crippen molar-refractivity contribution in [2.75, 3.05) is 19.6 Å². The number of para-hydroxylation sites is 1. The zero-order chi connectivity index (χ0) is 20.4. The molecule has 4 rings (SSSR count). The maximum Gasteiger partial charge on any atom is 0.269 e. The molecular weight excluding hydrogens is 452 g/mol. The summed E-state index contributed by atoms with van der Waals surface area (Å²) < 4.78 is 28.5. The smallest absolute Gasteiger partial charge is 0.269 e. The lowest BCUT2D eigenvalue weighted by atomic mass is 10.0. The fourth-order valence-electron chi connectivity index (χ4n) is 4.04. The van der Waals surface area contributed by atoms with Crippen LogP contribution in [0.25, 0.3) is 10.9 Å². The van der Waals surface area contributed by atoms with Gasteiger partial charge < -0.3 is 10.0 Å². The van der Waals surface area contributed by atoms with Gasteiger partial charge in [0, 0.05) is 28.2 Å². The third kappa shape index (κ3) is 4.14. The molecule has 1 aliphatic rings. The van der Waals surface area contributed by atoms with Crippen molar-refractivity contribution in [3.05, 3.63) is 64.8 Å². The maximum absolute atomic E-state index is 13.4. The van der Waals surface area contributed by atoms with Gasteiger partial charge in [-0.2, -0.15) is 0 Å². The van der Waals surface area contributed by atoms with Crippen LogP contribution in [-0.2, 0) is 10.0 Å². The average molecular weight is 477 g/mol.